The second kappa shape index (κ2) is 8.21. The van der Waals surface area contributed by atoms with Crippen LogP contribution in [0.25, 0.3) is 11.3 Å². The van der Waals surface area contributed by atoms with Gasteiger partial charge in [0.05, 0.1) is 5.56 Å². The number of hydrogen-bond acceptors (Lipinski definition) is 5. The fourth-order valence-electron chi connectivity index (χ4n) is 3.29. The molecule has 0 radical (unpaired) electrons. The molecule has 0 spiro atoms. The lowest BCUT2D eigenvalue weighted by Crippen LogP contribution is -2.50. The molecule has 1 aliphatic rings. The predicted octanol–water partition coefficient (Wildman–Crippen LogP) is 3.35. The number of aromatic nitrogens is 2. The van der Waals surface area contributed by atoms with Gasteiger partial charge in [0.15, 0.2) is 11.5 Å². The Morgan fingerprint density at radius 1 is 0.871 bits per heavy atom. The number of alkyl halides is 3. The third-order valence-electron chi connectivity index (χ3n) is 5.01. The van der Waals surface area contributed by atoms with E-state index in [1.807, 2.05) is 0 Å². The Hall–Kier alpha value is -3.69. The number of amides is 2. The van der Waals surface area contributed by atoms with Crippen molar-refractivity contribution in [1.29, 1.82) is 0 Å². The second-order valence-electron chi connectivity index (χ2n) is 6.97. The van der Waals surface area contributed by atoms with Gasteiger partial charge in [-0.25, -0.2) is 0 Å². The summed E-state index contributed by atoms with van der Waals surface area (Å²) in [5.74, 6) is -0.241. The maximum atomic E-state index is 12.7. The number of nitrogens with zero attached hydrogens (tertiary/aromatic N) is 4. The molecule has 3 heterocycles. The number of halogens is 3. The zero-order valence-corrected chi connectivity index (χ0v) is 16.2. The summed E-state index contributed by atoms with van der Waals surface area (Å²) in [6, 6.07) is 9.13. The monoisotopic (exact) mass is 430 g/mol. The first-order valence-electron chi connectivity index (χ1n) is 9.46. The van der Waals surface area contributed by atoms with Crippen LogP contribution >= 0.6 is 0 Å². The van der Waals surface area contributed by atoms with Crippen molar-refractivity contribution in [3.05, 3.63) is 71.7 Å². The molecule has 4 rings (SSSR count). The molecule has 0 N–H and O–H groups in total. The molecular weight excluding hydrogens is 413 g/mol. The molecule has 1 aromatic carbocycles. The van der Waals surface area contributed by atoms with Gasteiger partial charge in [-0.15, -0.1) is 0 Å². The number of rotatable bonds is 3. The van der Waals surface area contributed by atoms with E-state index in [1.165, 1.54) is 17.0 Å². The van der Waals surface area contributed by atoms with Gasteiger partial charge < -0.3 is 14.3 Å². The van der Waals surface area contributed by atoms with Crippen LogP contribution in [0.5, 0.6) is 0 Å². The predicted molar refractivity (Wildman–Crippen MR) is 103 cm³/mol. The smallest absolute Gasteiger partial charge is 0.355 e. The van der Waals surface area contributed by atoms with Crippen molar-refractivity contribution in [2.45, 2.75) is 6.18 Å². The van der Waals surface area contributed by atoms with E-state index >= 15 is 0 Å². The van der Waals surface area contributed by atoms with Crippen LogP contribution in [-0.4, -0.2) is 57.9 Å². The Labute approximate surface area is 175 Å². The van der Waals surface area contributed by atoms with E-state index in [0.717, 1.165) is 17.7 Å². The van der Waals surface area contributed by atoms with Crippen molar-refractivity contribution >= 4 is 11.8 Å². The van der Waals surface area contributed by atoms with E-state index in [4.69, 9.17) is 4.52 Å². The highest BCUT2D eigenvalue weighted by Gasteiger charge is 2.31. The average molecular weight is 430 g/mol. The fraction of sp³-hybridized carbons (Fsp3) is 0.238. The number of carbonyl (C=O) groups is 2. The highest BCUT2D eigenvalue weighted by molar-refractivity contribution is 5.95. The van der Waals surface area contributed by atoms with Gasteiger partial charge in [-0.3, -0.25) is 14.6 Å². The van der Waals surface area contributed by atoms with E-state index in [1.54, 1.807) is 35.5 Å². The highest BCUT2D eigenvalue weighted by Crippen LogP contribution is 2.29. The highest BCUT2D eigenvalue weighted by atomic mass is 19.4. The molecule has 160 valence electrons. The minimum absolute atomic E-state index is 0.161. The summed E-state index contributed by atoms with van der Waals surface area (Å²) in [6.45, 7) is 1.09. The van der Waals surface area contributed by atoms with E-state index in [2.05, 4.69) is 10.1 Å². The van der Waals surface area contributed by atoms with Crippen LogP contribution < -0.4 is 0 Å². The molecule has 1 fully saturated rings. The Morgan fingerprint density at radius 2 is 1.45 bits per heavy atom. The van der Waals surface area contributed by atoms with Crippen molar-refractivity contribution in [1.82, 2.24) is 19.9 Å². The molecule has 0 unspecified atom stereocenters. The summed E-state index contributed by atoms with van der Waals surface area (Å²) in [4.78, 5) is 32.3. The number of pyridine rings is 1. The van der Waals surface area contributed by atoms with Crippen LogP contribution in [0.4, 0.5) is 13.2 Å². The van der Waals surface area contributed by atoms with Gasteiger partial charge in [0.1, 0.15) is 0 Å². The number of benzene rings is 1. The summed E-state index contributed by atoms with van der Waals surface area (Å²) in [7, 11) is 0. The van der Waals surface area contributed by atoms with Crippen LogP contribution in [0.1, 0.15) is 26.4 Å². The van der Waals surface area contributed by atoms with Gasteiger partial charge >= 0.3 is 6.18 Å². The zero-order valence-electron chi connectivity index (χ0n) is 16.2. The molecule has 2 amide bonds. The third-order valence-corrected chi connectivity index (χ3v) is 5.01. The molecule has 10 heteroatoms. The maximum absolute atomic E-state index is 12.7. The summed E-state index contributed by atoms with van der Waals surface area (Å²) in [5, 5.41) is 3.84. The molecule has 0 aliphatic carbocycles. The summed E-state index contributed by atoms with van der Waals surface area (Å²) >= 11 is 0. The van der Waals surface area contributed by atoms with Gasteiger partial charge in [-0.2, -0.15) is 13.2 Å². The van der Waals surface area contributed by atoms with Crippen LogP contribution in [0, 0.1) is 0 Å². The van der Waals surface area contributed by atoms with Crippen LogP contribution in [0.3, 0.4) is 0 Å². The standard InChI is InChI=1S/C21H17F3N4O3/c22-21(23,24)16-3-1-15(2-4-16)19(29)27-9-11-28(12-10-27)20(30)17-13-18(31-26-17)14-5-7-25-8-6-14/h1-8,13H,9-12H2. The fourth-order valence-corrected chi connectivity index (χ4v) is 3.29. The first-order chi connectivity index (χ1) is 14.8. The molecule has 2 aromatic heterocycles. The van der Waals surface area contributed by atoms with Crippen molar-refractivity contribution in [3.63, 3.8) is 0 Å². The van der Waals surface area contributed by atoms with E-state index in [-0.39, 0.29) is 49.3 Å². The molecule has 1 saturated heterocycles. The lowest BCUT2D eigenvalue weighted by atomic mass is 10.1. The summed E-state index contributed by atoms with van der Waals surface area (Å²) in [6.07, 6.45) is -1.25. The SMILES string of the molecule is O=C(c1ccc(C(F)(F)F)cc1)N1CCN(C(=O)c2cc(-c3ccncc3)on2)CC1. The van der Waals surface area contributed by atoms with Gasteiger partial charge in [0, 0.05) is 55.8 Å². The molecule has 1 aliphatic heterocycles. The normalized spacial score (nSPS) is 14.5. The molecule has 3 aromatic rings. The molecule has 31 heavy (non-hydrogen) atoms. The molecule has 0 saturated carbocycles. The van der Waals surface area contributed by atoms with Gasteiger partial charge in [-0.1, -0.05) is 5.16 Å². The van der Waals surface area contributed by atoms with E-state index < -0.39 is 11.7 Å². The van der Waals surface area contributed by atoms with Crippen LogP contribution in [0.15, 0.2) is 59.4 Å². The Kier molecular flexibility index (Phi) is 5.45. The second-order valence-corrected chi connectivity index (χ2v) is 6.97. The average Bonchev–Trinajstić information content (AvgIpc) is 3.29. The number of carbonyl (C=O) groups excluding carboxylic acids is 2. The van der Waals surface area contributed by atoms with Gasteiger partial charge in [0.2, 0.25) is 0 Å². The van der Waals surface area contributed by atoms with Crippen LogP contribution in [0.2, 0.25) is 0 Å². The minimum Gasteiger partial charge on any atom is -0.355 e. The van der Waals surface area contributed by atoms with Crippen molar-refractivity contribution in [2.75, 3.05) is 26.2 Å². The van der Waals surface area contributed by atoms with Gasteiger partial charge in [-0.05, 0) is 36.4 Å². The largest absolute Gasteiger partial charge is 0.416 e. The quantitative estimate of drug-likeness (QED) is 0.637. The Balaban J connectivity index is 1.37. The Bertz CT molecular complexity index is 1070. The zero-order chi connectivity index (χ0) is 22.0. The minimum atomic E-state index is -4.45. The van der Waals surface area contributed by atoms with E-state index in [9.17, 15) is 22.8 Å². The first kappa shape index (κ1) is 20.6. The topological polar surface area (TPSA) is 79.5 Å². The maximum Gasteiger partial charge on any atom is 0.416 e. The van der Waals surface area contributed by atoms with Crippen molar-refractivity contribution < 1.29 is 27.3 Å². The number of piperazine rings is 1. The summed E-state index contributed by atoms with van der Waals surface area (Å²) in [5.41, 5.74) is 0.271. The lowest BCUT2D eigenvalue weighted by Gasteiger charge is -2.34. The molecule has 0 bridgehead atoms. The Morgan fingerprint density at radius 3 is 2.03 bits per heavy atom. The van der Waals surface area contributed by atoms with Crippen molar-refractivity contribution in [3.8, 4) is 11.3 Å². The van der Waals surface area contributed by atoms with Crippen molar-refractivity contribution in [2.24, 2.45) is 0 Å². The van der Waals surface area contributed by atoms with E-state index in [0.29, 0.717) is 5.76 Å². The first-order valence-corrected chi connectivity index (χ1v) is 9.46. The summed E-state index contributed by atoms with van der Waals surface area (Å²) < 4.78 is 43.3. The van der Waals surface area contributed by atoms with Gasteiger partial charge in [0.25, 0.3) is 11.8 Å². The number of hydrogen-bond donors (Lipinski definition) is 0. The van der Waals surface area contributed by atoms with Crippen LogP contribution in [-0.2, 0) is 6.18 Å². The molecule has 0 atom stereocenters. The molecular formula is C21H17F3N4O3. The lowest BCUT2D eigenvalue weighted by molar-refractivity contribution is -0.137. The molecule has 7 nitrogen and oxygen atoms in total. The third kappa shape index (κ3) is 4.42.